The van der Waals surface area contributed by atoms with Gasteiger partial charge in [0.15, 0.2) is 0 Å². The van der Waals surface area contributed by atoms with Crippen molar-refractivity contribution in [2.24, 2.45) is 5.73 Å². The minimum Gasteiger partial charge on any atom is -0.497 e. The highest BCUT2D eigenvalue weighted by Gasteiger charge is 2.14. The number of hydrogen-bond acceptors (Lipinski definition) is 4. The van der Waals surface area contributed by atoms with Crippen molar-refractivity contribution in [1.29, 1.82) is 0 Å². The van der Waals surface area contributed by atoms with Gasteiger partial charge in [-0.1, -0.05) is 12.1 Å². The van der Waals surface area contributed by atoms with Gasteiger partial charge in [0.1, 0.15) is 5.75 Å². The van der Waals surface area contributed by atoms with E-state index in [1.807, 2.05) is 24.3 Å². The zero-order valence-electron chi connectivity index (χ0n) is 10.3. The van der Waals surface area contributed by atoms with Crippen LogP contribution in [0.1, 0.15) is 12.5 Å². The molecule has 1 atom stereocenters. The van der Waals surface area contributed by atoms with Gasteiger partial charge in [-0.3, -0.25) is 10.1 Å². The number of carbonyl (C=O) groups is 2. The number of rotatable bonds is 5. The number of primary amides is 1. The van der Waals surface area contributed by atoms with E-state index in [-0.39, 0.29) is 11.2 Å². The molecule has 18 heavy (non-hydrogen) atoms. The van der Waals surface area contributed by atoms with E-state index in [0.29, 0.717) is 5.75 Å². The summed E-state index contributed by atoms with van der Waals surface area (Å²) >= 11 is 1.42. The van der Waals surface area contributed by atoms with Crippen molar-refractivity contribution in [3.63, 3.8) is 0 Å². The number of carbonyl (C=O) groups excluding carboxylic acids is 2. The maximum atomic E-state index is 11.4. The third-order valence-electron chi connectivity index (χ3n) is 2.25. The largest absolute Gasteiger partial charge is 0.497 e. The van der Waals surface area contributed by atoms with Crippen LogP contribution in [0.2, 0.25) is 0 Å². The molecule has 0 spiro atoms. The molecule has 0 fully saturated rings. The summed E-state index contributed by atoms with van der Waals surface area (Å²) < 4.78 is 5.11. The van der Waals surface area contributed by atoms with Gasteiger partial charge in [0.2, 0.25) is 5.91 Å². The van der Waals surface area contributed by atoms with Gasteiger partial charge in [-0.2, -0.15) is 0 Å². The maximum Gasteiger partial charge on any atom is 0.318 e. The Balaban J connectivity index is 2.48. The summed E-state index contributed by atoms with van der Waals surface area (Å²) in [6.07, 6.45) is 0. The lowest BCUT2D eigenvalue weighted by Gasteiger charge is -2.10. The van der Waals surface area contributed by atoms with Crippen LogP contribution in [0.15, 0.2) is 24.3 Å². The van der Waals surface area contributed by atoms with Gasteiger partial charge in [0.25, 0.3) is 0 Å². The molecule has 0 heterocycles. The standard InChI is InChI=1S/C12H16N2O3S/c1-8(11(15)14-12(13)16)18-7-9-4-3-5-10(6-9)17-2/h3-6,8H,7H2,1-2H3,(H3,13,14,15,16). The lowest BCUT2D eigenvalue weighted by Crippen LogP contribution is -2.39. The van der Waals surface area contributed by atoms with Crippen LogP contribution in [0.4, 0.5) is 4.79 Å². The van der Waals surface area contributed by atoms with Gasteiger partial charge in [-0.05, 0) is 24.6 Å². The highest BCUT2D eigenvalue weighted by Crippen LogP contribution is 2.20. The fourth-order valence-electron chi connectivity index (χ4n) is 1.28. The van der Waals surface area contributed by atoms with Crippen LogP contribution in [0, 0.1) is 0 Å². The van der Waals surface area contributed by atoms with Crippen molar-refractivity contribution in [1.82, 2.24) is 5.32 Å². The summed E-state index contributed by atoms with van der Waals surface area (Å²) in [6, 6.07) is 6.79. The van der Waals surface area contributed by atoms with E-state index in [2.05, 4.69) is 5.32 Å². The Bertz CT molecular complexity index is 437. The Morgan fingerprint density at radius 3 is 2.83 bits per heavy atom. The van der Waals surface area contributed by atoms with Crippen molar-refractivity contribution in [2.45, 2.75) is 17.9 Å². The van der Waals surface area contributed by atoms with Crippen LogP contribution in [0.3, 0.4) is 0 Å². The summed E-state index contributed by atoms with van der Waals surface area (Å²) in [5, 5.41) is 1.71. The first kappa shape index (κ1) is 14.4. The molecule has 0 saturated heterocycles. The Hall–Kier alpha value is -1.69. The molecule has 0 radical (unpaired) electrons. The highest BCUT2D eigenvalue weighted by atomic mass is 32.2. The molecule has 0 aliphatic carbocycles. The number of nitrogens with two attached hydrogens (primary N) is 1. The predicted octanol–water partition coefficient (Wildman–Crippen LogP) is 1.51. The smallest absolute Gasteiger partial charge is 0.318 e. The summed E-state index contributed by atoms with van der Waals surface area (Å²) in [5.74, 6) is 1.06. The molecule has 0 aliphatic rings. The monoisotopic (exact) mass is 268 g/mol. The third kappa shape index (κ3) is 4.67. The molecule has 1 aromatic rings. The topological polar surface area (TPSA) is 81.4 Å². The molecule has 1 rings (SSSR count). The van der Waals surface area contributed by atoms with E-state index in [0.717, 1.165) is 11.3 Å². The lowest BCUT2D eigenvalue weighted by atomic mass is 10.2. The first-order chi connectivity index (χ1) is 8.52. The van der Waals surface area contributed by atoms with Crippen LogP contribution in [0.5, 0.6) is 5.75 Å². The number of methoxy groups -OCH3 is 1. The number of hydrogen-bond donors (Lipinski definition) is 2. The van der Waals surface area contributed by atoms with Crippen molar-refractivity contribution in [3.05, 3.63) is 29.8 Å². The van der Waals surface area contributed by atoms with Gasteiger partial charge in [0, 0.05) is 5.75 Å². The summed E-state index contributed by atoms with van der Waals surface area (Å²) in [5.41, 5.74) is 5.93. The van der Waals surface area contributed by atoms with Gasteiger partial charge in [-0.15, -0.1) is 11.8 Å². The van der Waals surface area contributed by atoms with Crippen molar-refractivity contribution in [2.75, 3.05) is 7.11 Å². The Morgan fingerprint density at radius 1 is 1.50 bits per heavy atom. The van der Waals surface area contributed by atoms with Gasteiger partial charge in [0.05, 0.1) is 12.4 Å². The Labute approximate surface area is 110 Å². The molecular weight excluding hydrogens is 252 g/mol. The summed E-state index contributed by atoms with van der Waals surface area (Å²) in [6.45, 7) is 1.73. The number of urea groups is 1. The Kier molecular flexibility index (Phi) is 5.51. The molecular formula is C12H16N2O3S. The number of benzene rings is 1. The lowest BCUT2D eigenvalue weighted by molar-refractivity contribution is -0.119. The van der Waals surface area contributed by atoms with E-state index >= 15 is 0 Å². The number of nitrogens with one attached hydrogen (secondary N) is 1. The molecule has 1 aromatic carbocycles. The zero-order valence-corrected chi connectivity index (χ0v) is 11.1. The summed E-state index contributed by atoms with van der Waals surface area (Å²) in [7, 11) is 1.61. The van der Waals surface area contributed by atoms with Gasteiger partial charge < -0.3 is 10.5 Å². The van der Waals surface area contributed by atoms with Gasteiger partial charge in [-0.25, -0.2) is 4.79 Å². The molecule has 3 amide bonds. The van der Waals surface area contributed by atoms with Crippen LogP contribution < -0.4 is 15.8 Å². The van der Waals surface area contributed by atoms with E-state index in [4.69, 9.17) is 10.5 Å². The second-order valence-electron chi connectivity index (χ2n) is 3.66. The minimum absolute atomic E-state index is 0.344. The molecule has 0 saturated carbocycles. The van der Waals surface area contributed by atoms with E-state index in [1.54, 1.807) is 14.0 Å². The first-order valence-electron chi connectivity index (χ1n) is 5.37. The molecule has 1 unspecified atom stereocenters. The first-order valence-corrected chi connectivity index (χ1v) is 6.42. The van der Waals surface area contributed by atoms with Crippen LogP contribution in [-0.2, 0) is 10.5 Å². The quantitative estimate of drug-likeness (QED) is 0.848. The molecule has 6 heteroatoms. The molecule has 3 N–H and O–H groups in total. The van der Waals surface area contributed by atoms with Crippen LogP contribution in [-0.4, -0.2) is 24.3 Å². The number of amides is 3. The van der Waals surface area contributed by atoms with Gasteiger partial charge >= 0.3 is 6.03 Å². The number of ether oxygens (including phenoxy) is 1. The molecule has 98 valence electrons. The maximum absolute atomic E-state index is 11.4. The molecule has 0 aliphatic heterocycles. The average molecular weight is 268 g/mol. The van der Waals surface area contributed by atoms with Crippen molar-refractivity contribution in [3.8, 4) is 5.75 Å². The predicted molar refractivity (Wildman–Crippen MR) is 71.5 cm³/mol. The molecule has 0 bridgehead atoms. The average Bonchev–Trinajstić information content (AvgIpc) is 2.35. The number of imide groups is 1. The van der Waals surface area contributed by atoms with Crippen molar-refractivity contribution < 1.29 is 14.3 Å². The van der Waals surface area contributed by atoms with E-state index < -0.39 is 6.03 Å². The second-order valence-corrected chi connectivity index (χ2v) is 4.99. The normalized spacial score (nSPS) is 11.7. The third-order valence-corrected chi connectivity index (χ3v) is 3.46. The summed E-state index contributed by atoms with van der Waals surface area (Å²) in [4.78, 5) is 22.0. The Morgan fingerprint density at radius 2 is 2.22 bits per heavy atom. The van der Waals surface area contributed by atoms with Crippen molar-refractivity contribution >= 4 is 23.7 Å². The van der Waals surface area contributed by atoms with Crippen LogP contribution >= 0.6 is 11.8 Å². The fourth-order valence-corrected chi connectivity index (χ4v) is 2.11. The highest BCUT2D eigenvalue weighted by molar-refractivity contribution is 7.99. The van der Waals surface area contributed by atoms with Crippen LogP contribution in [0.25, 0.3) is 0 Å². The SMILES string of the molecule is COc1cccc(CSC(C)C(=O)NC(N)=O)c1. The van der Waals surface area contributed by atoms with E-state index in [1.165, 1.54) is 11.8 Å². The molecule has 5 nitrogen and oxygen atoms in total. The van der Waals surface area contributed by atoms with E-state index in [9.17, 15) is 9.59 Å². The fraction of sp³-hybridized carbons (Fsp3) is 0.333. The zero-order chi connectivity index (χ0) is 13.5. The number of thioether (sulfide) groups is 1. The second kappa shape index (κ2) is 6.90. The minimum atomic E-state index is -0.825. The molecule has 0 aromatic heterocycles.